The Morgan fingerprint density at radius 2 is 1.97 bits per heavy atom. The third kappa shape index (κ3) is 8.43. The lowest BCUT2D eigenvalue weighted by molar-refractivity contribution is 0.0322. The van der Waals surface area contributed by atoms with Gasteiger partial charge in [0.05, 0.1) is 50.6 Å². The van der Waals surface area contributed by atoms with Crippen LogP contribution < -0.4 is 21.5 Å². The van der Waals surface area contributed by atoms with Crippen molar-refractivity contribution < 1.29 is 14.2 Å². The molecule has 0 bridgehead atoms. The number of aliphatic imine (C=N–C) groups is 1. The first-order valence-corrected chi connectivity index (χ1v) is 12.8. The zero-order valence-corrected chi connectivity index (χ0v) is 22.1. The number of nitrogen functional groups attached to an aromatic ring is 1. The Labute approximate surface area is 228 Å². The van der Waals surface area contributed by atoms with Crippen LogP contribution in [0.1, 0.15) is 11.3 Å². The summed E-state index contributed by atoms with van der Waals surface area (Å²) >= 11 is 0. The van der Waals surface area contributed by atoms with Crippen molar-refractivity contribution in [2.45, 2.75) is 6.54 Å². The third-order valence-corrected chi connectivity index (χ3v) is 5.98. The molecule has 0 saturated carbocycles. The highest BCUT2D eigenvalue weighted by Crippen LogP contribution is 2.21. The van der Waals surface area contributed by atoms with E-state index in [1.165, 1.54) is 6.20 Å². The average Bonchev–Trinajstić information content (AvgIpc) is 2.98. The molecule has 0 radical (unpaired) electrons. The largest absolute Gasteiger partial charge is 0.489 e. The minimum Gasteiger partial charge on any atom is -0.489 e. The highest BCUT2D eigenvalue weighted by molar-refractivity contribution is 6.08. The lowest BCUT2D eigenvalue weighted by Crippen LogP contribution is -2.38. The van der Waals surface area contributed by atoms with Gasteiger partial charge in [-0.2, -0.15) is 0 Å². The van der Waals surface area contributed by atoms with E-state index in [1.54, 1.807) is 31.9 Å². The number of nitrogens with two attached hydrogens (primary N) is 2. The monoisotopic (exact) mass is 533 g/mol. The van der Waals surface area contributed by atoms with Crippen molar-refractivity contribution in [2.24, 2.45) is 10.7 Å². The van der Waals surface area contributed by atoms with E-state index in [0.29, 0.717) is 55.0 Å². The number of ether oxygens (including phenoxy) is 3. The predicted molar refractivity (Wildman–Crippen MR) is 151 cm³/mol. The fourth-order valence-electron chi connectivity index (χ4n) is 3.83. The minimum absolute atomic E-state index is 0.287. The summed E-state index contributed by atoms with van der Waals surface area (Å²) in [6.07, 6.45) is 8.05. The summed E-state index contributed by atoms with van der Waals surface area (Å²) in [5.41, 5.74) is 14.9. The molecule has 3 aromatic rings. The lowest BCUT2D eigenvalue weighted by Gasteiger charge is -2.26. The molecule has 0 spiro atoms. The maximum Gasteiger partial charge on any atom is 0.169 e. The summed E-state index contributed by atoms with van der Waals surface area (Å²) in [6, 6.07) is 7.94. The van der Waals surface area contributed by atoms with Crippen molar-refractivity contribution in [2.75, 3.05) is 70.8 Å². The number of hydrogen-bond donors (Lipinski definition) is 3. The Balaban J connectivity index is 1.34. The van der Waals surface area contributed by atoms with Crippen molar-refractivity contribution in [1.29, 1.82) is 0 Å². The number of anilines is 2. The van der Waals surface area contributed by atoms with Crippen LogP contribution in [0.25, 0.3) is 17.0 Å². The number of morpholine rings is 1. The van der Waals surface area contributed by atoms with E-state index in [1.807, 2.05) is 24.3 Å². The van der Waals surface area contributed by atoms with Crippen LogP contribution >= 0.6 is 0 Å². The number of aromatic nitrogens is 4. The van der Waals surface area contributed by atoms with Gasteiger partial charge in [-0.1, -0.05) is 18.2 Å². The van der Waals surface area contributed by atoms with Crippen LogP contribution in [0.2, 0.25) is 0 Å². The van der Waals surface area contributed by atoms with Crippen molar-refractivity contribution in [1.82, 2.24) is 24.8 Å². The fraction of sp³-hybridized carbons (Fsp3) is 0.370. The third-order valence-electron chi connectivity index (χ3n) is 5.98. The standard InChI is InChI=1S/C27H35N9O3/c1-37-9-5-30-16-22(14-28)24-19-31-25(29)27(35-24)32-15-20-3-2-4-21(13-20)26-33-17-23(18-34-26)39-12-8-36-6-10-38-11-7-36/h2-4,13-14,16-19H,5-12,15,28H2,1H3,(H2,29,31)(H,32,35). The summed E-state index contributed by atoms with van der Waals surface area (Å²) in [7, 11) is 1.63. The second kappa shape index (κ2) is 14.7. The van der Waals surface area contributed by atoms with E-state index in [4.69, 9.17) is 25.7 Å². The smallest absolute Gasteiger partial charge is 0.169 e. The molecule has 206 valence electrons. The van der Waals surface area contributed by atoms with Gasteiger partial charge in [0.2, 0.25) is 0 Å². The first kappa shape index (κ1) is 27.9. The molecule has 12 heteroatoms. The molecule has 3 heterocycles. The Kier molecular flexibility index (Phi) is 10.5. The molecule has 5 N–H and O–H groups in total. The van der Waals surface area contributed by atoms with Gasteiger partial charge in [0.15, 0.2) is 23.2 Å². The van der Waals surface area contributed by atoms with Crippen LogP contribution in [-0.4, -0.2) is 90.8 Å². The summed E-state index contributed by atoms with van der Waals surface area (Å²) in [4.78, 5) is 24.4. The molecule has 1 aromatic carbocycles. The number of rotatable bonds is 13. The van der Waals surface area contributed by atoms with E-state index in [-0.39, 0.29) is 5.82 Å². The molecule has 2 aromatic heterocycles. The minimum atomic E-state index is 0.287. The topological polar surface area (TPSA) is 159 Å². The normalized spacial score (nSPS) is 14.5. The Hall–Kier alpha value is -4.13. The summed E-state index contributed by atoms with van der Waals surface area (Å²) in [5.74, 6) is 2.00. The zero-order valence-electron chi connectivity index (χ0n) is 22.1. The van der Waals surface area contributed by atoms with Crippen molar-refractivity contribution in [3.8, 4) is 17.1 Å². The summed E-state index contributed by atoms with van der Waals surface area (Å²) in [5, 5.41) is 3.26. The van der Waals surface area contributed by atoms with E-state index in [2.05, 4.69) is 35.1 Å². The van der Waals surface area contributed by atoms with Gasteiger partial charge in [-0.3, -0.25) is 9.89 Å². The van der Waals surface area contributed by atoms with Gasteiger partial charge < -0.3 is 31.0 Å². The van der Waals surface area contributed by atoms with Gasteiger partial charge >= 0.3 is 0 Å². The zero-order chi connectivity index (χ0) is 27.3. The van der Waals surface area contributed by atoms with Gasteiger partial charge in [0.25, 0.3) is 0 Å². The van der Waals surface area contributed by atoms with Gasteiger partial charge in [-0.05, 0) is 11.6 Å². The second-order valence-electron chi connectivity index (χ2n) is 8.74. The summed E-state index contributed by atoms with van der Waals surface area (Å²) in [6.45, 7) is 6.37. The molecule has 1 aliphatic heterocycles. The average molecular weight is 534 g/mol. The lowest BCUT2D eigenvalue weighted by atomic mass is 10.1. The molecular formula is C27H35N9O3. The van der Waals surface area contributed by atoms with E-state index < -0.39 is 0 Å². The van der Waals surface area contributed by atoms with Crippen molar-refractivity contribution in [3.05, 3.63) is 60.3 Å². The highest BCUT2D eigenvalue weighted by Gasteiger charge is 2.11. The molecule has 4 rings (SSSR count). The molecule has 0 aliphatic carbocycles. The van der Waals surface area contributed by atoms with Crippen molar-refractivity contribution in [3.63, 3.8) is 0 Å². The van der Waals surface area contributed by atoms with E-state index >= 15 is 0 Å². The SMILES string of the molecule is COCCN=CC(=CN)c1cnc(N)c(NCc2cccc(-c3ncc(OCCN4CCOCC4)cn3)c2)n1. The summed E-state index contributed by atoms with van der Waals surface area (Å²) < 4.78 is 16.2. The number of methoxy groups -OCH3 is 1. The number of allylic oxidation sites excluding steroid dienone is 1. The highest BCUT2D eigenvalue weighted by atomic mass is 16.5. The molecule has 0 unspecified atom stereocenters. The number of benzene rings is 1. The van der Waals surface area contributed by atoms with E-state index in [0.717, 1.165) is 44.0 Å². The molecule has 39 heavy (non-hydrogen) atoms. The molecule has 1 fully saturated rings. The van der Waals surface area contributed by atoms with Gasteiger partial charge in [-0.25, -0.2) is 19.9 Å². The van der Waals surface area contributed by atoms with Crippen LogP contribution in [0.4, 0.5) is 11.6 Å². The van der Waals surface area contributed by atoms with Crippen LogP contribution in [0.5, 0.6) is 5.75 Å². The number of nitrogens with zero attached hydrogens (tertiary/aromatic N) is 6. The quantitative estimate of drug-likeness (QED) is 0.217. The van der Waals surface area contributed by atoms with E-state index in [9.17, 15) is 0 Å². The Morgan fingerprint density at radius 1 is 1.15 bits per heavy atom. The van der Waals surface area contributed by atoms with Gasteiger partial charge in [0.1, 0.15) is 6.61 Å². The van der Waals surface area contributed by atoms with Crippen LogP contribution in [0.3, 0.4) is 0 Å². The fourth-order valence-corrected chi connectivity index (χ4v) is 3.83. The second-order valence-corrected chi connectivity index (χ2v) is 8.74. The number of nitrogens with one attached hydrogen (secondary N) is 1. The molecule has 1 aliphatic rings. The first-order chi connectivity index (χ1) is 19.2. The molecular weight excluding hydrogens is 498 g/mol. The van der Waals surface area contributed by atoms with Gasteiger partial charge in [0, 0.05) is 56.8 Å². The molecule has 0 atom stereocenters. The molecule has 0 amide bonds. The predicted octanol–water partition coefficient (Wildman–Crippen LogP) is 1.86. The van der Waals surface area contributed by atoms with Gasteiger partial charge in [-0.15, -0.1) is 0 Å². The first-order valence-electron chi connectivity index (χ1n) is 12.8. The Morgan fingerprint density at radius 3 is 2.74 bits per heavy atom. The molecule has 12 nitrogen and oxygen atoms in total. The number of hydrogen-bond acceptors (Lipinski definition) is 12. The van der Waals surface area contributed by atoms with Crippen LogP contribution in [-0.2, 0) is 16.0 Å². The maximum atomic E-state index is 6.07. The maximum absolute atomic E-state index is 6.07. The van der Waals surface area contributed by atoms with Crippen molar-refractivity contribution >= 4 is 23.4 Å². The Bertz CT molecular complexity index is 1250. The van der Waals surface area contributed by atoms with Crippen LogP contribution in [0.15, 0.2) is 54.0 Å². The van der Waals surface area contributed by atoms with Crippen LogP contribution in [0, 0.1) is 0 Å². The molecule has 1 saturated heterocycles.